The van der Waals surface area contributed by atoms with Gasteiger partial charge in [-0.15, -0.1) is 0 Å². The van der Waals surface area contributed by atoms with E-state index in [1.165, 1.54) is 12.8 Å². The molecule has 1 unspecified atom stereocenters. The highest BCUT2D eigenvalue weighted by molar-refractivity contribution is 5.79. The van der Waals surface area contributed by atoms with Crippen LogP contribution in [-0.2, 0) is 16.1 Å². The number of H-pyrrole nitrogens is 1. The van der Waals surface area contributed by atoms with Gasteiger partial charge in [0, 0.05) is 0 Å². The topological polar surface area (TPSA) is 98.3 Å². The quantitative estimate of drug-likeness (QED) is 0.384. The number of carbonyl (C=O) groups is 2. The number of aromatic amines is 1. The number of hydrogen-bond donors (Lipinski definition) is 3. The van der Waals surface area contributed by atoms with Crippen molar-refractivity contribution in [1.29, 1.82) is 0 Å². The van der Waals surface area contributed by atoms with Crippen LogP contribution in [0.15, 0.2) is 18.2 Å². The van der Waals surface area contributed by atoms with Gasteiger partial charge in [0.25, 0.3) is 0 Å². The summed E-state index contributed by atoms with van der Waals surface area (Å²) in [6.45, 7) is 2.33. The maximum Gasteiger partial charge on any atom is 0.233 e. The first kappa shape index (κ1) is 18.4. The number of rotatable bonds is 8. The molecule has 1 heterocycles. The van der Waals surface area contributed by atoms with Crippen molar-refractivity contribution in [1.82, 2.24) is 20.3 Å². The van der Waals surface area contributed by atoms with Gasteiger partial charge in [0.1, 0.15) is 5.82 Å². The van der Waals surface area contributed by atoms with Crippen LogP contribution in [0.5, 0.6) is 0 Å². The Hall–Kier alpha value is -2.41. The molecule has 7 nitrogen and oxygen atoms in total. The van der Waals surface area contributed by atoms with E-state index >= 15 is 0 Å². The van der Waals surface area contributed by atoms with Crippen molar-refractivity contribution >= 4 is 23.4 Å². The predicted octanol–water partition coefficient (Wildman–Crippen LogP) is 2.53. The van der Waals surface area contributed by atoms with Gasteiger partial charge in [-0.25, -0.2) is 10.0 Å². The summed E-state index contributed by atoms with van der Waals surface area (Å²) in [4.78, 5) is 31.0. The van der Waals surface area contributed by atoms with E-state index < -0.39 is 5.92 Å². The lowest BCUT2D eigenvalue weighted by Gasteiger charge is -2.22. The lowest BCUT2D eigenvalue weighted by Crippen LogP contribution is -2.38. The van der Waals surface area contributed by atoms with E-state index in [2.05, 4.69) is 15.3 Å². The molecule has 0 spiro atoms. The fourth-order valence-corrected chi connectivity index (χ4v) is 3.76. The molecule has 3 N–H and O–H groups in total. The Balaban J connectivity index is 1.62. The zero-order valence-electron chi connectivity index (χ0n) is 15.1. The second kappa shape index (κ2) is 8.31. The second-order valence-electron chi connectivity index (χ2n) is 7.23. The van der Waals surface area contributed by atoms with Crippen LogP contribution in [0.3, 0.4) is 0 Å². The van der Waals surface area contributed by atoms with E-state index in [0.29, 0.717) is 36.2 Å². The van der Waals surface area contributed by atoms with Gasteiger partial charge in [0.15, 0.2) is 0 Å². The molecule has 0 radical (unpaired) electrons. The Labute approximate surface area is 152 Å². The van der Waals surface area contributed by atoms with Crippen molar-refractivity contribution in [2.24, 2.45) is 11.8 Å². The van der Waals surface area contributed by atoms with Gasteiger partial charge >= 0.3 is 0 Å². The molecule has 2 aromatic rings. The number of imidazole rings is 1. The fraction of sp³-hybridized carbons (Fsp3) is 0.526. The average Bonchev–Trinajstić information content (AvgIpc) is 3.27. The number of hydrogen-bond acceptors (Lipinski definition) is 4. The Morgan fingerprint density at radius 2 is 2.23 bits per heavy atom. The Bertz CT molecular complexity index is 767. The Morgan fingerprint density at radius 1 is 1.46 bits per heavy atom. The second-order valence-corrected chi connectivity index (χ2v) is 7.23. The Morgan fingerprint density at radius 3 is 2.96 bits per heavy atom. The van der Waals surface area contributed by atoms with E-state index in [1.54, 1.807) is 0 Å². The first-order valence-electron chi connectivity index (χ1n) is 9.19. The van der Waals surface area contributed by atoms with Crippen molar-refractivity contribution in [3.8, 4) is 0 Å². The summed E-state index contributed by atoms with van der Waals surface area (Å²) < 4.78 is 0. The molecule has 0 aliphatic heterocycles. The molecule has 0 saturated heterocycles. The SMILES string of the molecule is Cc1ccc2nc(CNC(=O)C(CC3CCCC3)CN(O)C=O)[nH]c2c1. The molecule has 0 bridgehead atoms. The summed E-state index contributed by atoms with van der Waals surface area (Å²) >= 11 is 0. The van der Waals surface area contributed by atoms with Gasteiger partial charge in [-0.2, -0.15) is 0 Å². The highest BCUT2D eigenvalue weighted by atomic mass is 16.5. The third-order valence-electron chi connectivity index (χ3n) is 5.11. The minimum Gasteiger partial charge on any atom is -0.349 e. The molecule has 1 aromatic heterocycles. The molecule has 1 aliphatic rings. The molecule has 1 aromatic carbocycles. The van der Waals surface area contributed by atoms with E-state index in [1.807, 2.05) is 25.1 Å². The van der Waals surface area contributed by atoms with E-state index in [9.17, 15) is 14.8 Å². The van der Waals surface area contributed by atoms with Gasteiger partial charge in [-0.1, -0.05) is 31.7 Å². The number of aromatic nitrogens is 2. The van der Waals surface area contributed by atoms with Crippen molar-refractivity contribution in [2.75, 3.05) is 6.54 Å². The third kappa shape index (κ3) is 4.60. The van der Waals surface area contributed by atoms with Crippen molar-refractivity contribution in [3.63, 3.8) is 0 Å². The van der Waals surface area contributed by atoms with E-state index in [4.69, 9.17) is 0 Å². The molecule has 1 fully saturated rings. The summed E-state index contributed by atoms with van der Waals surface area (Å²) in [7, 11) is 0. The molecule has 1 atom stereocenters. The zero-order chi connectivity index (χ0) is 18.5. The molecule has 7 heteroatoms. The van der Waals surface area contributed by atoms with Crippen LogP contribution in [0.1, 0.15) is 43.5 Å². The van der Waals surface area contributed by atoms with Crippen molar-refractivity contribution < 1.29 is 14.8 Å². The lowest BCUT2D eigenvalue weighted by atomic mass is 9.92. The number of fused-ring (bicyclic) bond motifs is 1. The molecule has 140 valence electrons. The number of nitrogens with one attached hydrogen (secondary N) is 2. The molecule has 2 amide bonds. The third-order valence-corrected chi connectivity index (χ3v) is 5.11. The maximum atomic E-state index is 12.6. The number of benzene rings is 1. The van der Waals surface area contributed by atoms with E-state index in [0.717, 1.165) is 29.4 Å². The number of hydroxylamine groups is 2. The first-order valence-corrected chi connectivity index (χ1v) is 9.19. The normalized spacial score (nSPS) is 15.9. The van der Waals surface area contributed by atoms with Gasteiger partial charge in [0.2, 0.25) is 12.3 Å². The van der Waals surface area contributed by atoms with Crippen LogP contribution < -0.4 is 5.32 Å². The number of amides is 2. The van der Waals surface area contributed by atoms with Crippen LogP contribution in [0.25, 0.3) is 11.0 Å². The summed E-state index contributed by atoms with van der Waals surface area (Å²) in [5, 5.41) is 13.0. The van der Waals surface area contributed by atoms with Crippen LogP contribution in [0.2, 0.25) is 0 Å². The molecule has 1 saturated carbocycles. The number of nitrogens with zero attached hydrogens (tertiary/aromatic N) is 2. The minimum absolute atomic E-state index is 0.0190. The average molecular weight is 358 g/mol. The van der Waals surface area contributed by atoms with Crippen molar-refractivity contribution in [2.45, 2.75) is 45.6 Å². The monoisotopic (exact) mass is 358 g/mol. The zero-order valence-corrected chi connectivity index (χ0v) is 15.1. The van der Waals surface area contributed by atoms with Crippen LogP contribution in [0.4, 0.5) is 0 Å². The first-order chi connectivity index (χ1) is 12.5. The molecule has 26 heavy (non-hydrogen) atoms. The summed E-state index contributed by atoms with van der Waals surface area (Å²) in [5.41, 5.74) is 2.95. The van der Waals surface area contributed by atoms with Gasteiger partial charge in [0.05, 0.1) is 30.0 Å². The molecule has 3 rings (SSSR count). The smallest absolute Gasteiger partial charge is 0.233 e. The molecule has 1 aliphatic carbocycles. The lowest BCUT2D eigenvalue weighted by molar-refractivity contribution is -0.155. The number of aryl methyl sites for hydroxylation is 1. The standard InChI is InChI=1S/C19H26N4O3/c1-13-6-7-16-17(8-13)22-18(21-16)10-20-19(25)15(11-23(26)12-24)9-14-4-2-3-5-14/h6-8,12,14-15,26H,2-5,9-11H2,1H3,(H,20,25)(H,21,22). The minimum atomic E-state index is -0.417. The van der Waals surface area contributed by atoms with Gasteiger partial charge < -0.3 is 10.3 Å². The Kier molecular flexibility index (Phi) is 5.88. The van der Waals surface area contributed by atoms with Crippen LogP contribution in [0, 0.1) is 18.8 Å². The van der Waals surface area contributed by atoms with Crippen LogP contribution >= 0.6 is 0 Å². The van der Waals surface area contributed by atoms with E-state index in [-0.39, 0.29) is 12.5 Å². The highest BCUT2D eigenvalue weighted by Gasteiger charge is 2.26. The summed E-state index contributed by atoms with van der Waals surface area (Å²) in [5.74, 6) is 0.601. The summed E-state index contributed by atoms with van der Waals surface area (Å²) in [6.07, 6.45) is 5.63. The highest BCUT2D eigenvalue weighted by Crippen LogP contribution is 2.30. The largest absolute Gasteiger partial charge is 0.349 e. The fourth-order valence-electron chi connectivity index (χ4n) is 3.76. The van der Waals surface area contributed by atoms with Crippen molar-refractivity contribution in [3.05, 3.63) is 29.6 Å². The summed E-state index contributed by atoms with van der Waals surface area (Å²) in [6, 6.07) is 5.96. The van der Waals surface area contributed by atoms with Gasteiger partial charge in [-0.3, -0.25) is 14.8 Å². The van der Waals surface area contributed by atoms with Gasteiger partial charge in [-0.05, 0) is 37.0 Å². The maximum absolute atomic E-state index is 12.6. The number of carbonyl (C=O) groups excluding carboxylic acids is 2. The predicted molar refractivity (Wildman–Crippen MR) is 97.3 cm³/mol. The molecular weight excluding hydrogens is 332 g/mol. The molecular formula is C19H26N4O3. The van der Waals surface area contributed by atoms with Crippen LogP contribution in [-0.4, -0.2) is 39.1 Å².